The van der Waals surface area contributed by atoms with Crippen molar-refractivity contribution in [1.29, 1.82) is 0 Å². The number of hydrogen-bond donors (Lipinski definition) is 2. The first-order valence-electron chi connectivity index (χ1n) is 10.5. The Hall–Kier alpha value is -0.840. The molecule has 0 aromatic carbocycles. The van der Waals surface area contributed by atoms with Gasteiger partial charge in [0.2, 0.25) is 11.8 Å². The molecule has 0 aliphatic rings. The highest BCUT2D eigenvalue weighted by Gasteiger charge is 2.03. The van der Waals surface area contributed by atoms with E-state index in [0.29, 0.717) is 12.8 Å². The molecule has 0 aromatic rings. The first-order valence-corrected chi connectivity index (χ1v) is 11.6. The molecule has 0 atom stereocenters. The largest absolute Gasteiger partial charge is 0.273 e. The molecule has 0 bridgehead atoms. The molecule has 152 valence electrons. The Morgan fingerprint density at radius 3 is 1.85 bits per heavy atom. The van der Waals surface area contributed by atoms with E-state index in [0.717, 1.165) is 31.0 Å². The Labute approximate surface area is 169 Å². The highest BCUT2D eigenvalue weighted by atomic mass is 79.9. The van der Waals surface area contributed by atoms with E-state index in [1.165, 1.54) is 57.8 Å². The molecule has 0 radical (unpaired) electrons. The van der Waals surface area contributed by atoms with Crippen LogP contribution >= 0.6 is 15.9 Å². The fourth-order valence-electron chi connectivity index (χ4n) is 2.67. The Balaban J connectivity index is 3.40. The summed E-state index contributed by atoms with van der Waals surface area (Å²) in [5.41, 5.74) is 5.01. The minimum absolute atomic E-state index is 0.0919. The summed E-state index contributed by atoms with van der Waals surface area (Å²) in [6, 6.07) is 0. The number of unbranched alkanes of at least 4 members (excludes halogenated alkanes) is 10. The zero-order valence-electron chi connectivity index (χ0n) is 16.7. The van der Waals surface area contributed by atoms with Crippen LogP contribution in [0.2, 0.25) is 0 Å². The molecule has 4 nitrogen and oxygen atoms in total. The van der Waals surface area contributed by atoms with Gasteiger partial charge in [-0.2, -0.15) is 0 Å². The molecule has 5 heteroatoms. The van der Waals surface area contributed by atoms with Crippen LogP contribution in [-0.4, -0.2) is 17.1 Å². The van der Waals surface area contributed by atoms with Gasteiger partial charge in [-0.1, -0.05) is 86.4 Å². The standard InChI is InChI=1S/C21H39BrN2O2/c1-2-3-4-5-8-11-14-17-20(25)23-24-21(26)18-15-12-9-6-7-10-13-16-19-22/h8,11H,2-7,9-10,12-19H2,1H3,(H,23,25)(H,24,26)/b11-8+. The number of allylic oxidation sites excluding steroid dienone is 2. The van der Waals surface area contributed by atoms with Gasteiger partial charge in [0.05, 0.1) is 0 Å². The minimum Gasteiger partial charge on any atom is -0.273 e. The van der Waals surface area contributed by atoms with Gasteiger partial charge in [-0.05, 0) is 32.1 Å². The molecule has 0 aliphatic heterocycles. The predicted molar refractivity (Wildman–Crippen MR) is 114 cm³/mol. The fourth-order valence-corrected chi connectivity index (χ4v) is 3.06. The topological polar surface area (TPSA) is 58.2 Å². The average Bonchev–Trinajstić information content (AvgIpc) is 2.64. The van der Waals surface area contributed by atoms with Crippen molar-refractivity contribution in [3.63, 3.8) is 0 Å². The zero-order valence-corrected chi connectivity index (χ0v) is 18.2. The van der Waals surface area contributed by atoms with Gasteiger partial charge in [0, 0.05) is 18.2 Å². The van der Waals surface area contributed by atoms with E-state index in [2.05, 4.69) is 45.9 Å². The van der Waals surface area contributed by atoms with Crippen molar-refractivity contribution in [2.24, 2.45) is 0 Å². The third-order valence-electron chi connectivity index (χ3n) is 4.31. The molecule has 0 heterocycles. The van der Waals surface area contributed by atoms with E-state index in [1.54, 1.807) is 0 Å². The first-order chi connectivity index (χ1) is 12.7. The Kier molecular flexibility index (Phi) is 19.8. The highest BCUT2D eigenvalue weighted by molar-refractivity contribution is 9.09. The summed E-state index contributed by atoms with van der Waals surface area (Å²) in [7, 11) is 0. The van der Waals surface area contributed by atoms with Gasteiger partial charge in [-0.3, -0.25) is 20.4 Å². The molecule has 0 spiro atoms. The van der Waals surface area contributed by atoms with Gasteiger partial charge in [0.25, 0.3) is 0 Å². The van der Waals surface area contributed by atoms with Crippen molar-refractivity contribution in [2.45, 2.75) is 103 Å². The number of amides is 2. The summed E-state index contributed by atoms with van der Waals surface area (Å²) in [5, 5.41) is 1.11. The normalized spacial score (nSPS) is 11.0. The molecule has 2 amide bonds. The number of halogens is 1. The third-order valence-corrected chi connectivity index (χ3v) is 4.87. The smallest absolute Gasteiger partial charge is 0.238 e. The molecule has 2 N–H and O–H groups in total. The molecular formula is C21H39BrN2O2. The van der Waals surface area contributed by atoms with Crippen LogP contribution in [0.3, 0.4) is 0 Å². The van der Waals surface area contributed by atoms with Crippen LogP contribution in [0.5, 0.6) is 0 Å². The number of carbonyl (C=O) groups excluding carboxylic acids is 2. The van der Waals surface area contributed by atoms with Gasteiger partial charge in [-0.15, -0.1) is 0 Å². The van der Waals surface area contributed by atoms with Crippen molar-refractivity contribution < 1.29 is 9.59 Å². The van der Waals surface area contributed by atoms with Gasteiger partial charge in [-0.25, -0.2) is 0 Å². The summed E-state index contributed by atoms with van der Waals surface area (Å²) < 4.78 is 0. The molecule has 0 unspecified atom stereocenters. The third kappa shape index (κ3) is 19.5. The number of rotatable bonds is 17. The SMILES string of the molecule is CCCCC/C=C/CCC(=O)NNC(=O)CCCCCCCCCCBr. The maximum absolute atomic E-state index is 11.7. The average molecular weight is 431 g/mol. The number of carbonyl (C=O) groups is 2. The number of hydrazine groups is 1. The van der Waals surface area contributed by atoms with Crippen LogP contribution in [-0.2, 0) is 9.59 Å². The van der Waals surface area contributed by atoms with Crippen molar-refractivity contribution >= 4 is 27.7 Å². The lowest BCUT2D eigenvalue weighted by Crippen LogP contribution is -2.41. The molecule has 0 aliphatic carbocycles. The molecule has 26 heavy (non-hydrogen) atoms. The van der Waals surface area contributed by atoms with Crippen LogP contribution in [0.25, 0.3) is 0 Å². The quantitative estimate of drug-likeness (QED) is 0.129. The lowest BCUT2D eigenvalue weighted by molar-refractivity contribution is -0.128. The van der Waals surface area contributed by atoms with Gasteiger partial charge >= 0.3 is 0 Å². The molecule has 0 fully saturated rings. The van der Waals surface area contributed by atoms with Crippen LogP contribution in [0.1, 0.15) is 103 Å². The summed E-state index contributed by atoms with van der Waals surface area (Å²) in [6.07, 6.45) is 20.2. The van der Waals surface area contributed by atoms with Crippen LogP contribution in [0, 0.1) is 0 Å². The zero-order chi connectivity index (χ0) is 19.3. The van der Waals surface area contributed by atoms with E-state index in [1.807, 2.05) is 0 Å². The van der Waals surface area contributed by atoms with Crippen LogP contribution in [0.15, 0.2) is 12.2 Å². The Morgan fingerprint density at radius 1 is 0.692 bits per heavy atom. The monoisotopic (exact) mass is 430 g/mol. The maximum atomic E-state index is 11.7. The lowest BCUT2D eigenvalue weighted by Gasteiger charge is -2.06. The second-order valence-corrected chi connectivity index (χ2v) is 7.66. The second kappa shape index (κ2) is 20.5. The van der Waals surface area contributed by atoms with Crippen molar-refractivity contribution in [3.05, 3.63) is 12.2 Å². The first kappa shape index (κ1) is 25.2. The van der Waals surface area contributed by atoms with Crippen LogP contribution in [0.4, 0.5) is 0 Å². The summed E-state index contributed by atoms with van der Waals surface area (Å²) >= 11 is 3.45. The lowest BCUT2D eigenvalue weighted by atomic mass is 10.1. The van der Waals surface area contributed by atoms with E-state index in [9.17, 15) is 9.59 Å². The molecule has 0 saturated carbocycles. The van der Waals surface area contributed by atoms with Crippen LogP contribution < -0.4 is 10.9 Å². The highest BCUT2D eigenvalue weighted by Crippen LogP contribution is 2.10. The second-order valence-electron chi connectivity index (χ2n) is 6.87. The van der Waals surface area contributed by atoms with Crippen molar-refractivity contribution in [2.75, 3.05) is 5.33 Å². The van der Waals surface area contributed by atoms with E-state index >= 15 is 0 Å². The summed E-state index contributed by atoms with van der Waals surface area (Å²) in [5.74, 6) is -0.217. The molecular weight excluding hydrogens is 392 g/mol. The number of alkyl halides is 1. The van der Waals surface area contributed by atoms with Gasteiger partial charge in [0.1, 0.15) is 0 Å². The molecule has 0 saturated heterocycles. The number of nitrogens with one attached hydrogen (secondary N) is 2. The fraction of sp³-hybridized carbons (Fsp3) is 0.810. The van der Waals surface area contributed by atoms with E-state index < -0.39 is 0 Å². The molecule has 0 aromatic heterocycles. The predicted octanol–water partition coefficient (Wildman–Crippen LogP) is 5.96. The van der Waals surface area contributed by atoms with Gasteiger partial charge < -0.3 is 0 Å². The Morgan fingerprint density at radius 2 is 1.23 bits per heavy atom. The van der Waals surface area contributed by atoms with Crippen molar-refractivity contribution in [3.8, 4) is 0 Å². The van der Waals surface area contributed by atoms with Crippen molar-refractivity contribution in [1.82, 2.24) is 10.9 Å². The van der Waals surface area contributed by atoms with E-state index in [4.69, 9.17) is 0 Å². The van der Waals surface area contributed by atoms with Gasteiger partial charge in [0.15, 0.2) is 0 Å². The molecule has 0 rings (SSSR count). The van der Waals surface area contributed by atoms with E-state index in [-0.39, 0.29) is 11.8 Å². The Bertz CT molecular complexity index is 373. The summed E-state index contributed by atoms with van der Waals surface area (Å²) in [6.45, 7) is 2.19. The summed E-state index contributed by atoms with van der Waals surface area (Å²) in [4.78, 5) is 23.3. The number of hydrogen-bond acceptors (Lipinski definition) is 2. The maximum Gasteiger partial charge on any atom is 0.238 e. The minimum atomic E-state index is -0.125.